The van der Waals surface area contributed by atoms with Gasteiger partial charge in [-0.15, -0.1) is 0 Å². The first-order chi connectivity index (χ1) is 13.7. The van der Waals surface area contributed by atoms with Gasteiger partial charge in [0.2, 0.25) is 5.91 Å². The molecule has 1 fully saturated rings. The van der Waals surface area contributed by atoms with Crippen LogP contribution in [0.4, 0.5) is 23.7 Å². The number of carbonyl (C=O) groups is 2. The molecular weight excluding hydrogens is 387 g/mol. The maximum atomic E-state index is 13.2. The van der Waals surface area contributed by atoms with Crippen LogP contribution in [-0.2, 0) is 11.0 Å². The minimum Gasteiger partial charge on any atom is -0.497 e. The lowest BCUT2D eigenvalue weighted by molar-refractivity contribution is -0.137. The number of hydrogen-bond acceptors (Lipinski definition) is 3. The van der Waals surface area contributed by atoms with Crippen LogP contribution in [0, 0.1) is 5.92 Å². The van der Waals surface area contributed by atoms with E-state index in [0.717, 1.165) is 6.07 Å². The lowest BCUT2D eigenvalue weighted by Crippen LogP contribution is -2.51. The van der Waals surface area contributed by atoms with E-state index in [9.17, 15) is 22.8 Å². The van der Waals surface area contributed by atoms with E-state index in [1.807, 2.05) is 0 Å². The first kappa shape index (κ1) is 20.2. The highest BCUT2D eigenvalue weighted by atomic mass is 19.4. The van der Waals surface area contributed by atoms with Crippen molar-refractivity contribution in [3.63, 3.8) is 0 Å². The number of hydrogen-bond donors (Lipinski definition) is 3. The molecule has 1 heterocycles. The number of benzene rings is 2. The van der Waals surface area contributed by atoms with E-state index in [4.69, 9.17) is 4.74 Å². The van der Waals surface area contributed by atoms with Gasteiger partial charge in [-0.2, -0.15) is 13.2 Å². The van der Waals surface area contributed by atoms with Crippen molar-refractivity contribution < 1.29 is 27.5 Å². The molecule has 1 saturated heterocycles. The fourth-order valence-corrected chi connectivity index (χ4v) is 3.16. The smallest absolute Gasteiger partial charge is 0.418 e. The largest absolute Gasteiger partial charge is 0.497 e. The Morgan fingerprint density at radius 2 is 1.90 bits per heavy atom. The van der Waals surface area contributed by atoms with Crippen molar-refractivity contribution in [2.75, 3.05) is 12.4 Å². The summed E-state index contributed by atoms with van der Waals surface area (Å²) in [6, 6.07) is 9.94. The maximum Gasteiger partial charge on any atom is 0.418 e. The van der Waals surface area contributed by atoms with E-state index in [1.54, 1.807) is 24.3 Å². The van der Waals surface area contributed by atoms with Crippen molar-refractivity contribution in [3.8, 4) is 5.75 Å². The molecule has 2 atom stereocenters. The zero-order valence-corrected chi connectivity index (χ0v) is 15.3. The second-order valence-corrected chi connectivity index (χ2v) is 6.39. The standard InChI is InChI=1S/C20H18F3N3O3/c1-11-16(18(27)25-15-9-4-3-8-14(15)20(21,22)23)17(26-19(28)24-11)12-6-5-7-13(10-12)29-2/h3-10,16-17H,1H2,2H3,(H,25,27)(H2,24,26,28)/t16-,17+/m1/s1. The van der Waals surface area contributed by atoms with Gasteiger partial charge < -0.3 is 20.7 Å². The van der Waals surface area contributed by atoms with Crippen LogP contribution < -0.4 is 20.7 Å². The van der Waals surface area contributed by atoms with Crippen molar-refractivity contribution in [2.24, 2.45) is 5.92 Å². The average molecular weight is 405 g/mol. The second kappa shape index (κ2) is 7.86. The number of nitrogens with one attached hydrogen (secondary N) is 3. The van der Waals surface area contributed by atoms with Crippen molar-refractivity contribution in [3.05, 3.63) is 71.9 Å². The molecule has 3 amide bonds. The Hall–Kier alpha value is -3.49. The molecule has 1 aliphatic rings. The monoisotopic (exact) mass is 405 g/mol. The summed E-state index contributed by atoms with van der Waals surface area (Å²) in [6.45, 7) is 3.71. The highest BCUT2D eigenvalue weighted by molar-refractivity contribution is 5.97. The normalized spacial score (nSPS) is 19.2. The SMILES string of the molecule is C=C1NC(=O)N[C@@H](c2cccc(OC)c2)[C@@H]1C(=O)Nc1ccccc1C(F)(F)F. The summed E-state index contributed by atoms with van der Waals surface area (Å²) in [5.74, 6) is -1.30. The summed E-state index contributed by atoms with van der Waals surface area (Å²) >= 11 is 0. The third-order valence-corrected chi connectivity index (χ3v) is 4.50. The topological polar surface area (TPSA) is 79.5 Å². The van der Waals surface area contributed by atoms with Gasteiger partial charge in [-0.3, -0.25) is 4.79 Å². The Morgan fingerprint density at radius 1 is 1.17 bits per heavy atom. The van der Waals surface area contributed by atoms with Gasteiger partial charge in [0.05, 0.1) is 24.4 Å². The van der Waals surface area contributed by atoms with Gasteiger partial charge in [0.25, 0.3) is 0 Å². The van der Waals surface area contributed by atoms with E-state index in [0.29, 0.717) is 11.3 Å². The molecule has 0 unspecified atom stereocenters. The zero-order valence-electron chi connectivity index (χ0n) is 15.3. The molecule has 0 aliphatic carbocycles. The number of ether oxygens (including phenoxy) is 1. The third-order valence-electron chi connectivity index (χ3n) is 4.50. The van der Waals surface area contributed by atoms with E-state index in [-0.39, 0.29) is 11.4 Å². The lowest BCUT2D eigenvalue weighted by atomic mass is 9.88. The van der Waals surface area contributed by atoms with Gasteiger partial charge in [0, 0.05) is 5.70 Å². The molecule has 0 spiro atoms. The predicted octanol–water partition coefficient (Wildman–Crippen LogP) is 3.84. The molecule has 6 nitrogen and oxygen atoms in total. The Bertz CT molecular complexity index is 959. The van der Waals surface area contributed by atoms with Crippen LogP contribution in [0.25, 0.3) is 0 Å². The summed E-state index contributed by atoms with van der Waals surface area (Å²) in [7, 11) is 1.47. The molecule has 0 radical (unpaired) electrons. The van der Waals surface area contributed by atoms with Gasteiger partial charge in [0.1, 0.15) is 11.7 Å². The molecule has 29 heavy (non-hydrogen) atoms. The number of amides is 3. The summed E-state index contributed by atoms with van der Waals surface area (Å²) in [5.41, 5.74) is -0.725. The number of rotatable bonds is 4. The average Bonchev–Trinajstić information content (AvgIpc) is 2.67. The Balaban J connectivity index is 1.95. The molecule has 3 rings (SSSR count). The number of urea groups is 1. The molecule has 1 aliphatic heterocycles. The number of anilines is 1. The summed E-state index contributed by atoms with van der Waals surface area (Å²) in [4.78, 5) is 24.9. The molecule has 9 heteroatoms. The van der Waals surface area contributed by atoms with Crippen LogP contribution in [0.2, 0.25) is 0 Å². The fourth-order valence-electron chi connectivity index (χ4n) is 3.16. The molecule has 2 aromatic rings. The number of halogens is 3. The molecule has 2 aromatic carbocycles. The molecule has 3 N–H and O–H groups in total. The third kappa shape index (κ3) is 4.34. The fraction of sp³-hybridized carbons (Fsp3) is 0.200. The van der Waals surface area contributed by atoms with E-state index >= 15 is 0 Å². The van der Waals surface area contributed by atoms with Gasteiger partial charge in [-0.25, -0.2) is 4.79 Å². The van der Waals surface area contributed by atoms with Gasteiger partial charge in [0.15, 0.2) is 0 Å². The van der Waals surface area contributed by atoms with Gasteiger partial charge >= 0.3 is 12.2 Å². The number of methoxy groups -OCH3 is 1. The van der Waals surface area contributed by atoms with Crippen LogP contribution in [0.5, 0.6) is 5.75 Å². The van der Waals surface area contributed by atoms with Crippen LogP contribution in [0.1, 0.15) is 17.2 Å². The van der Waals surface area contributed by atoms with Gasteiger partial charge in [-0.05, 0) is 29.8 Å². The van der Waals surface area contributed by atoms with Crippen LogP contribution >= 0.6 is 0 Å². The molecular formula is C20H18F3N3O3. The number of carbonyl (C=O) groups excluding carboxylic acids is 2. The van der Waals surface area contributed by atoms with Crippen molar-refractivity contribution in [2.45, 2.75) is 12.2 Å². The van der Waals surface area contributed by atoms with Crippen LogP contribution in [-0.4, -0.2) is 19.0 Å². The summed E-state index contributed by atoms with van der Waals surface area (Å²) in [6.07, 6.45) is -4.63. The maximum absolute atomic E-state index is 13.2. The van der Waals surface area contributed by atoms with Gasteiger partial charge in [-0.1, -0.05) is 30.8 Å². The van der Waals surface area contributed by atoms with E-state index in [2.05, 4.69) is 22.5 Å². The molecule has 0 saturated carbocycles. The molecule has 0 aromatic heterocycles. The predicted molar refractivity (Wildman–Crippen MR) is 100 cm³/mol. The highest BCUT2D eigenvalue weighted by Crippen LogP contribution is 2.36. The molecule has 0 bridgehead atoms. The molecule has 152 valence electrons. The first-order valence-corrected chi connectivity index (χ1v) is 8.58. The van der Waals surface area contributed by atoms with Crippen molar-refractivity contribution >= 4 is 17.6 Å². The van der Waals surface area contributed by atoms with Crippen molar-refractivity contribution in [1.82, 2.24) is 10.6 Å². The number of alkyl halides is 3. The quantitative estimate of drug-likeness (QED) is 0.723. The Morgan fingerprint density at radius 3 is 2.59 bits per heavy atom. The van der Waals surface area contributed by atoms with Crippen LogP contribution in [0.15, 0.2) is 60.8 Å². The van der Waals surface area contributed by atoms with E-state index < -0.39 is 35.6 Å². The number of para-hydroxylation sites is 1. The van der Waals surface area contributed by atoms with E-state index in [1.165, 1.54) is 25.3 Å². The zero-order chi connectivity index (χ0) is 21.2. The minimum absolute atomic E-state index is 0.0727. The second-order valence-electron chi connectivity index (χ2n) is 6.39. The van der Waals surface area contributed by atoms with Crippen molar-refractivity contribution in [1.29, 1.82) is 0 Å². The van der Waals surface area contributed by atoms with Crippen LogP contribution in [0.3, 0.4) is 0 Å². The summed E-state index contributed by atoms with van der Waals surface area (Å²) in [5, 5.41) is 7.35. The lowest BCUT2D eigenvalue weighted by Gasteiger charge is -2.34. The first-order valence-electron chi connectivity index (χ1n) is 8.58. The minimum atomic E-state index is -4.63. The highest BCUT2D eigenvalue weighted by Gasteiger charge is 2.39. The Labute approximate surface area is 164 Å². The Kier molecular flexibility index (Phi) is 5.49. The summed E-state index contributed by atoms with van der Waals surface area (Å²) < 4.78 is 44.9.